The summed E-state index contributed by atoms with van der Waals surface area (Å²) in [4.78, 5) is 4.29. The van der Waals surface area contributed by atoms with Gasteiger partial charge in [-0.15, -0.1) is 0 Å². The molecule has 0 aliphatic carbocycles. The van der Waals surface area contributed by atoms with Crippen LogP contribution < -0.4 is 5.43 Å². The molecule has 0 radical (unpaired) electrons. The zero-order valence-electron chi connectivity index (χ0n) is 12.4. The van der Waals surface area contributed by atoms with E-state index in [0.717, 1.165) is 16.8 Å². The predicted octanol–water partition coefficient (Wildman–Crippen LogP) is 2.56. The zero-order chi connectivity index (χ0) is 15.9. The number of ether oxygens (including phenoxy) is 1. The highest BCUT2D eigenvalue weighted by Crippen LogP contribution is 2.19. The van der Waals surface area contributed by atoms with Gasteiger partial charge >= 0.3 is 0 Å². The minimum Gasteiger partial charge on any atom is -0.508 e. The Bertz CT molecular complexity index is 718. The van der Waals surface area contributed by atoms with Gasteiger partial charge in [0, 0.05) is 18.4 Å². The Labute approximate surface area is 128 Å². The number of hydrogen-bond acceptors (Lipinski definition) is 6. The molecular weight excluding hydrogens is 280 g/mol. The Morgan fingerprint density at radius 1 is 1.41 bits per heavy atom. The lowest BCUT2D eigenvalue weighted by Crippen LogP contribution is -2.03. The van der Waals surface area contributed by atoms with Crippen LogP contribution in [0.4, 0.5) is 5.82 Å². The molecule has 0 saturated heterocycles. The van der Waals surface area contributed by atoms with Crippen LogP contribution in [0.2, 0.25) is 0 Å². The Hall–Kier alpha value is -2.91. The number of nitrogens with zero attached hydrogens (tertiary/aromatic N) is 3. The Morgan fingerprint density at radius 3 is 2.77 bits per heavy atom. The summed E-state index contributed by atoms with van der Waals surface area (Å²) < 4.78 is 5.10. The van der Waals surface area contributed by atoms with E-state index in [1.165, 1.54) is 0 Å². The number of phenolic OH excluding ortho intramolecular Hbond substituents is 1. The SMILES string of the molecule is COCc1cc(C)nc(NN=Cc2ccc(O)cc2)c1C#N. The van der Waals surface area contributed by atoms with Crippen LogP contribution in [-0.4, -0.2) is 23.4 Å². The molecule has 0 amide bonds. The molecule has 0 unspecified atom stereocenters. The molecule has 2 rings (SSSR count). The van der Waals surface area contributed by atoms with Crippen LogP contribution in [0.25, 0.3) is 0 Å². The minimum atomic E-state index is 0.196. The van der Waals surface area contributed by atoms with E-state index in [1.54, 1.807) is 37.6 Å². The van der Waals surface area contributed by atoms with Gasteiger partial charge in [-0.2, -0.15) is 10.4 Å². The second kappa shape index (κ2) is 7.20. The summed E-state index contributed by atoms with van der Waals surface area (Å²) >= 11 is 0. The third kappa shape index (κ3) is 3.81. The summed E-state index contributed by atoms with van der Waals surface area (Å²) in [5.74, 6) is 0.589. The quantitative estimate of drug-likeness (QED) is 0.653. The zero-order valence-corrected chi connectivity index (χ0v) is 12.4. The van der Waals surface area contributed by atoms with Crippen LogP contribution in [0, 0.1) is 18.3 Å². The molecule has 0 saturated carbocycles. The summed E-state index contributed by atoms with van der Waals surface area (Å²) in [5.41, 5.74) is 5.55. The van der Waals surface area contributed by atoms with Crippen molar-refractivity contribution in [1.82, 2.24) is 4.98 Å². The molecule has 1 aromatic heterocycles. The van der Waals surface area contributed by atoms with E-state index in [2.05, 4.69) is 21.6 Å². The summed E-state index contributed by atoms with van der Waals surface area (Å²) in [6, 6.07) is 10.5. The van der Waals surface area contributed by atoms with Gasteiger partial charge in [-0.25, -0.2) is 4.98 Å². The molecule has 0 atom stereocenters. The lowest BCUT2D eigenvalue weighted by atomic mass is 10.1. The number of phenols is 1. The van der Waals surface area contributed by atoms with Gasteiger partial charge in [0.05, 0.1) is 12.8 Å². The van der Waals surface area contributed by atoms with Crippen LogP contribution >= 0.6 is 0 Å². The average Bonchev–Trinajstić information content (AvgIpc) is 2.49. The van der Waals surface area contributed by atoms with Gasteiger partial charge in [-0.05, 0) is 42.8 Å². The monoisotopic (exact) mass is 296 g/mol. The summed E-state index contributed by atoms with van der Waals surface area (Å²) in [7, 11) is 1.58. The van der Waals surface area contributed by atoms with Gasteiger partial charge in [0.1, 0.15) is 17.4 Å². The molecule has 0 aliphatic rings. The molecule has 112 valence electrons. The normalized spacial score (nSPS) is 10.6. The van der Waals surface area contributed by atoms with Gasteiger partial charge < -0.3 is 9.84 Å². The Morgan fingerprint density at radius 2 is 2.14 bits per heavy atom. The van der Waals surface area contributed by atoms with Gasteiger partial charge in [0.15, 0.2) is 5.82 Å². The van der Waals surface area contributed by atoms with Crippen molar-refractivity contribution in [2.24, 2.45) is 5.10 Å². The standard InChI is InChI=1S/C16H16N4O2/c1-11-7-13(10-22-2)15(8-17)16(19-11)20-18-9-12-3-5-14(21)6-4-12/h3-7,9,21H,10H2,1-2H3,(H,19,20). The van der Waals surface area contributed by atoms with Crippen molar-refractivity contribution in [3.63, 3.8) is 0 Å². The van der Waals surface area contributed by atoms with Gasteiger partial charge in [0.25, 0.3) is 0 Å². The molecule has 6 nitrogen and oxygen atoms in total. The summed E-state index contributed by atoms with van der Waals surface area (Å²) in [5, 5.41) is 22.6. The topological polar surface area (TPSA) is 90.5 Å². The predicted molar refractivity (Wildman–Crippen MR) is 83.7 cm³/mol. The highest BCUT2D eigenvalue weighted by molar-refractivity contribution is 5.80. The lowest BCUT2D eigenvalue weighted by molar-refractivity contribution is 0.184. The Balaban J connectivity index is 2.22. The number of anilines is 1. The first-order chi connectivity index (χ1) is 10.6. The van der Waals surface area contributed by atoms with E-state index < -0.39 is 0 Å². The fourth-order valence-corrected chi connectivity index (χ4v) is 1.94. The van der Waals surface area contributed by atoms with E-state index >= 15 is 0 Å². The highest BCUT2D eigenvalue weighted by Gasteiger charge is 2.10. The van der Waals surface area contributed by atoms with Gasteiger partial charge in [-0.1, -0.05) is 0 Å². The molecule has 0 aliphatic heterocycles. The van der Waals surface area contributed by atoms with Crippen molar-refractivity contribution in [1.29, 1.82) is 5.26 Å². The molecule has 0 fully saturated rings. The number of benzene rings is 1. The fraction of sp³-hybridized carbons (Fsp3) is 0.188. The number of hydrazone groups is 1. The van der Waals surface area contributed by atoms with Gasteiger partial charge in [-0.3, -0.25) is 5.43 Å². The number of hydrogen-bond donors (Lipinski definition) is 2. The van der Waals surface area contributed by atoms with E-state index in [4.69, 9.17) is 4.74 Å². The first-order valence-electron chi connectivity index (χ1n) is 6.61. The Kier molecular flexibility index (Phi) is 5.07. The van der Waals surface area contributed by atoms with Crippen LogP contribution in [0.5, 0.6) is 5.75 Å². The lowest BCUT2D eigenvalue weighted by Gasteiger charge is -2.09. The number of methoxy groups -OCH3 is 1. The second-order valence-electron chi connectivity index (χ2n) is 4.65. The van der Waals surface area contributed by atoms with Crippen molar-refractivity contribution < 1.29 is 9.84 Å². The van der Waals surface area contributed by atoms with Crippen molar-refractivity contribution >= 4 is 12.0 Å². The van der Waals surface area contributed by atoms with Crippen LogP contribution in [-0.2, 0) is 11.3 Å². The molecule has 1 heterocycles. The molecule has 2 N–H and O–H groups in total. The molecule has 0 spiro atoms. The van der Waals surface area contributed by atoms with Crippen LogP contribution in [0.15, 0.2) is 35.4 Å². The molecule has 22 heavy (non-hydrogen) atoms. The number of rotatable bonds is 5. The number of nitriles is 1. The average molecular weight is 296 g/mol. The molecular formula is C16H16N4O2. The van der Waals surface area contributed by atoms with Crippen LogP contribution in [0.3, 0.4) is 0 Å². The number of aromatic nitrogens is 1. The highest BCUT2D eigenvalue weighted by atomic mass is 16.5. The largest absolute Gasteiger partial charge is 0.508 e. The van der Waals surface area contributed by atoms with Crippen LogP contribution in [0.1, 0.15) is 22.4 Å². The molecule has 2 aromatic rings. The van der Waals surface area contributed by atoms with E-state index in [1.807, 2.05) is 13.0 Å². The summed E-state index contributed by atoms with van der Waals surface area (Å²) in [6.07, 6.45) is 1.58. The molecule has 0 bridgehead atoms. The van der Waals surface area contributed by atoms with Crippen molar-refractivity contribution in [2.75, 3.05) is 12.5 Å². The van der Waals surface area contributed by atoms with E-state index in [9.17, 15) is 10.4 Å². The number of aromatic hydroxyl groups is 1. The van der Waals surface area contributed by atoms with Crippen molar-refractivity contribution in [2.45, 2.75) is 13.5 Å². The fourth-order valence-electron chi connectivity index (χ4n) is 1.94. The number of pyridine rings is 1. The smallest absolute Gasteiger partial charge is 0.164 e. The molecule has 6 heteroatoms. The van der Waals surface area contributed by atoms with Gasteiger partial charge in [0.2, 0.25) is 0 Å². The minimum absolute atomic E-state index is 0.196. The maximum Gasteiger partial charge on any atom is 0.164 e. The van der Waals surface area contributed by atoms with Crippen molar-refractivity contribution in [3.8, 4) is 11.8 Å². The maximum absolute atomic E-state index is 9.30. The maximum atomic E-state index is 9.30. The first-order valence-corrected chi connectivity index (χ1v) is 6.61. The summed E-state index contributed by atoms with van der Waals surface area (Å²) in [6.45, 7) is 2.18. The third-order valence-corrected chi connectivity index (χ3v) is 2.92. The molecule has 1 aromatic carbocycles. The van der Waals surface area contributed by atoms with Crippen molar-refractivity contribution in [3.05, 3.63) is 52.7 Å². The second-order valence-corrected chi connectivity index (χ2v) is 4.65. The van der Waals surface area contributed by atoms with E-state index in [0.29, 0.717) is 18.0 Å². The first kappa shape index (κ1) is 15.5. The third-order valence-electron chi connectivity index (χ3n) is 2.92. The number of nitrogens with one attached hydrogen (secondary N) is 1. The number of aryl methyl sites for hydroxylation is 1. The van der Waals surface area contributed by atoms with E-state index in [-0.39, 0.29) is 5.75 Å².